The molecule has 2 aliphatic heterocycles. The third-order valence-corrected chi connectivity index (χ3v) is 6.49. The zero-order chi connectivity index (χ0) is 24.7. The molecule has 7 nitrogen and oxygen atoms in total. The molecule has 2 heterocycles. The third-order valence-electron chi connectivity index (χ3n) is 5.53. The predicted octanol–water partition coefficient (Wildman–Crippen LogP) is 4.98. The number of aryl methyl sites for hydroxylation is 2. The Labute approximate surface area is 204 Å². The Morgan fingerprint density at radius 2 is 1.77 bits per heavy atom. The molecule has 2 amide bonds. The summed E-state index contributed by atoms with van der Waals surface area (Å²) in [6.07, 6.45) is 1.70. The van der Waals surface area contributed by atoms with Crippen molar-refractivity contribution < 1.29 is 19.1 Å². The van der Waals surface area contributed by atoms with Crippen molar-refractivity contribution in [2.45, 2.75) is 13.8 Å². The number of benzene rings is 3. The SMILES string of the molecule is Cc1ccc(N2C(=O)C(=Cc3ccc(O)cc3)SC2=NN=C2C(=O)Nc3ccc(F)cc32)c(C)c1. The van der Waals surface area contributed by atoms with E-state index in [4.69, 9.17) is 0 Å². The Balaban J connectivity index is 1.59. The number of phenols is 1. The van der Waals surface area contributed by atoms with Gasteiger partial charge in [-0.15, -0.1) is 10.2 Å². The second-order valence-electron chi connectivity index (χ2n) is 8.11. The standard InChI is InChI=1S/C26H19FN4O3S/c1-14-3-10-21(15(2)11-14)31-25(34)22(12-16-4-7-18(32)8-5-16)35-26(31)30-29-23-19-13-17(27)6-9-20(19)28-24(23)33/h3-13,32H,1-2H3,(H,28,29,33). The Morgan fingerprint density at radius 1 is 1.00 bits per heavy atom. The maximum Gasteiger partial charge on any atom is 0.276 e. The first-order chi connectivity index (χ1) is 16.8. The summed E-state index contributed by atoms with van der Waals surface area (Å²) in [5.41, 5.74) is 4.02. The van der Waals surface area contributed by atoms with E-state index in [0.29, 0.717) is 21.8 Å². The normalized spacial score (nSPS) is 18.6. The molecule has 3 aromatic carbocycles. The Morgan fingerprint density at radius 3 is 2.51 bits per heavy atom. The number of hydrogen-bond donors (Lipinski definition) is 2. The maximum atomic E-state index is 13.8. The van der Waals surface area contributed by atoms with E-state index in [2.05, 4.69) is 15.5 Å². The molecule has 3 aromatic rings. The number of amides is 2. The second kappa shape index (κ2) is 8.84. The van der Waals surface area contributed by atoms with E-state index in [1.165, 1.54) is 35.2 Å². The minimum atomic E-state index is -0.498. The summed E-state index contributed by atoms with van der Waals surface area (Å²) in [6.45, 7) is 3.86. The summed E-state index contributed by atoms with van der Waals surface area (Å²) in [5.74, 6) is -1.17. The molecule has 9 heteroatoms. The molecule has 0 unspecified atom stereocenters. The van der Waals surface area contributed by atoms with Crippen molar-refractivity contribution in [3.63, 3.8) is 0 Å². The number of nitrogens with zero attached hydrogens (tertiary/aromatic N) is 3. The van der Waals surface area contributed by atoms with Crippen LogP contribution in [0.3, 0.4) is 0 Å². The summed E-state index contributed by atoms with van der Waals surface area (Å²) in [6, 6.07) is 16.1. The lowest BCUT2D eigenvalue weighted by Crippen LogP contribution is -2.29. The number of aromatic hydroxyl groups is 1. The minimum Gasteiger partial charge on any atom is -0.508 e. The first-order valence-corrected chi connectivity index (χ1v) is 11.5. The first kappa shape index (κ1) is 22.5. The average Bonchev–Trinajstić information content (AvgIpc) is 3.29. The summed E-state index contributed by atoms with van der Waals surface area (Å²) in [7, 11) is 0. The Bertz CT molecular complexity index is 1480. The molecule has 5 rings (SSSR count). The molecule has 2 aliphatic rings. The third kappa shape index (κ3) is 4.33. The van der Waals surface area contributed by atoms with Gasteiger partial charge in [0.05, 0.1) is 16.3 Å². The van der Waals surface area contributed by atoms with Crippen LogP contribution in [-0.4, -0.2) is 27.8 Å². The highest BCUT2D eigenvalue weighted by Gasteiger charge is 2.36. The highest BCUT2D eigenvalue weighted by atomic mass is 32.2. The second-order valence-corrected chi connectivity index (χ2v) is 9.12. The van der Waals surface area contributed by atoms with E-state index in [9.17, 15) is 19.1 Å². The number of halogens is 1. The summed E-state index contributed by atoms with van der Waals surface area (Å²) in [4.78, 5) is 27.7. The van der Waals surface area contributed by atoms with Crippen LogP contribution in [0.1, 0.15) is 22.3 Å². The van der Waals surface area contributed by atoms with Gasteiger partial charge >= 0.3 is 0 Å². The zero-order valence-corrected chi connectivity index (χ0v) is 19.6. The number of hydrogen-bond acceptors (Lipinski definition) is 6. The largest absolute Gasteiger partial charge is 0.508 e. The van der Waals surface area contributed by atoms with E-state index < -0.39 is 11.7 Å². The Kier molecular flexibility index (Phi) is 5.70. The molecule has 0 radical (unpaired) electrons. The van der Waals surface area contributed by atoms with Crippen molar-refractivity contribution in [3.05, 3.63) is 93.6 Å². The van der Waals surface area contributed by atoms with Crippen LogP contribution in [0.2, 0.25) is 0 Å². The number of nitrogens with one attached hydrogen (secondary N) is 1. The molecule has 174 valence electrons. The molecule has 0 bridgehead atoms. The van der Waals surface area contributed by atoms with Gasteiger partial charge < -0.3 is 10.4 Å². The van der Waals surface area contributed by atoms with E-state index >= 15 is 0 Å². The van der Waals surface area contributed by atoms with Crippen LogP contribution in [0, 0.1) is 19.7 Å². The lowest BCUT2D eigenvalue weighted by molar-refractivity contribution is -0.113. The molecule has 0 spiro atoms. The zero-order valence-electron chi connectivity index (χ0n) is 18.7. The van der Waals surface area contributed by atoms with Crippen LogP contribution in [0.5, 0.6) is 5.75 Å². The van der Waals surface area contributed by atoms with E-state index in [1.807, 2.05) is 32.0 Å². The van der Waals surface area contributed by atoms with Gasteiger partial charge in [-0.05, 0) is 79.2 Å². The van der Waals surface area contributed by atoms with Crippen molar-refractivity contribution >= 4 is 51.9 Å². The average molecular weight is 487 g/mol. The van der Waals surface area contributed by atoms with Gasteiger partial charge in [0.2, 0.25) is 5.17 Å². The number of carbonyl (C=O) groups excluding carboxylic acids is 2. The molecular formula is C26H19FN4O3S. The van der Waals surface area contributed by atoms with Gasteiger partial charge in [-0.1, -0.05) is 29.8 Å². The fraction of sp³-hybridized carbons (Fsp3) is 0.0769. The van der Waals surface area contributed by atoms with Crippen LogP contribution < -0.4 is 10.2 Å². The van der Waals surface area contributed by atoms with Crippen molar-refractivity contribution in [2.24, 2.45) is 10.2 Å². The fourth-order valence-corrected chi connectivity index (χ4v) is 4.77. The number of thioether (sulfide) groups is 1. The van der Waals surface area contributed by atoms with Crippen LogP contribution in [0.15, 0.2) is 75.8 Å². The smallest absolute Gasteiger partial charge is 0.276 e. The van der Waals surface area contributed by atoms with Gasteiger partial charge in [0.1, 0.15) is 11.6 Å². The lowest BCUT2D eigenvalue weighted by Gasteiger charge is -2.17. The van der Waals surface area contributed by atoms with Gasteiger partial charge in [0.15, 0.2) is 5.71 Å². The number of carbonyl (C=O) groups is 2. The van der Waals surface area contributed by atoms with E-state index in [1.54, 1.807) is 18.2 Å². The van der Waals surface area contributed by atoms with Crippen molar-refractivity contribution in [3.8, 4) is 5.75 Å². The highest BCUT2D eigenvalue weighted by molar-refractivity contribution is 8.19. The minimum absolute atomic E-state index is 0.0309. The summed E-state index contributed by atoms with van der Waals surface area (Å²) in [5, 5.41) is 20.8. The van der Waals surface area contributed by atoms with Gasteiger partial charge in [-0.2, -0.15) is 0 Å². The summed E-state index contributed by atoms with van der Waals surface area (Å²) < 4.78 is 13.8. The Hall–Kier alpha value is -4.24. The summed E-state index contributed by atoms with van der Waals surface area (Å²) >= 11 is 1.11. The monoisotopic (exact) mass is 486 g/mol. The molecule has 2 N–H and O–H groups in total. The van der Waals surface area contributed by atoms with E-state index in [-0.39, 0.29) is 22.5 Å². The number of anilines is 2. The molecular weight excluding hydrogens is 467 g/mol. The van der Waals surface area contributed by atoms with Crippen LogP contribution >= 0.6 is 11.8 Å². The maximum absolute atomic E-state index is 13.8. The highest BCUT2D eigenvalue weighted by Crippen LogP contribution is 2.38. The van der Waals surface area contributed by atoms with E-state index in [0.717, 1.165) is 28.5 Å². The van der Waals surface area contributed by atoms with Crippen LogP contribution in [0.4, 0.5) is 15.8 Å². The molecule has 0 aliphatic carbocycles. The molecule has 0 aromatic heterocycles. The van der Waals surface area contributed by atoms with Gasteiger partial charge in [-0.3, -0.25) is 14.5 Å². The van der Waals surface area contributed by atoms with Crippen molar-refractivity contribution in [2.75, 3.05) is 10.2 Å². The molecule has 0 saturated carbocycles. The molecule has 0 atom stereocenters. The van der Waals surface area contributed by atoms with Crippen LogP contribution in [0.25, 0.3) is 6.08 Å². The number of amidine groups is 1. The van der Waals surface area contributed by atoms with Gasteiger partial charge in [0.25, 0.3) is 11.8 Å². The molecule has 35 heavy (non-hydrogen) atoms. The van der Waals surface area contributed by atoms with Crippen LogP contribution in [-0.2, 0) is 9.59 Å². The van der Waals surface area contributed by atoms with Gasteiger partial charge in [-0.25, -0.2) is 4.39 Å². The molecule has 1 fully saturated rings. The lowest BCUT2D eigenvalue weighted by atomic mass is 10.1. The van der Waals surface area contributed by atoms with Crippen molar-refractivity contribution in [1.82, 2.24) is 0 Å². The fourth-order valence-electron chi connectivity index (χ4n) is 3.85. The quantitative estimate of drug-likeness (QED) is 0.403. The number of fused-ring (bicyclic) bond motifs is 1. The van der Waals surface area contributed by atoms with Gasteiger partial charge in [0, 0.05) is 5.56 Å². The number of phenolic OH excluding ortho intramolecular Hbond substituents is 1. The predicted molar refractivity (Wildman–Crippen MR) is 136 cm³/mol. The molecule has 1 saturated heterocycles. The first-order valence-electron chi connectivity index (χ1n) is 10.7. The van der Waals surface area contributed by atoms with Crippen molar-refractivity contribution in [1.29, 1.82) is 0 Å². The topological polar surface area (TPSA) is 94.4 Å². The number of rotatable bonds is 3.